The maximum atomic E-state index is 13.3. The van der Waals surface area contributed by atoms with Crippen molar-refractivity contribution >= 4 is 5.69 Å². The topological polar surface area (TPSA) is 21.3 Å². The van der Waals surface area contributed by atoms with Crippen LogP contribution in [-0.4, -0.2) is 13.7 Å². The molecule has 1 N–H and O–H groups in total. The molecule has 0 fully saturated rings. The molecule has 0 spiro atoms. The van der Waals surface area contributed by atoms with Gasteiger partial charge in [-0.05, 0) is 18.1 Å². The van der Waals surface area contributed by atoms with Gasteiger partial charge in [-0.2, -0.15) is 0 Å². The van der Waals surface area contributed by atoms with Crippen LogP contribution in [0.2, 0.25) is 0 Å². The van der Waals surface area contributed by atoms with Crippen molar-refractivity contribution in [3.05, 3.63) is 24.0 Å². The van der Waals surface area contributed by atoms with Crippen LogP contribution in [0.5, 0.6) is 5.75 Å². The molecule has 0 amide bonds. The first-order chi connectivity index (χ1) is 7.17. The molecule has 0 radical (unpaired) electrons. The van der Waals surface area contributed by atoms with Crippen molar-refractivity contribution in [2.45, 2.75) is 20.3 Å². The minimum absolute atomic E-state index is 0.282. The average Bonchev–Trinajstić information content (AvgIpc) is 2.26. The SMILES string of the molecule is CC[C@@H](C)CNc1ccc(OC)c(F)c1. The molecule has 0 aromatic heterocycles. The van der Waals surface area contributed by atoms with Crippen LogP contribution in [0.15, 0.2) is 18.2 Å². The van der Waals surface area contributed by atoms with Crippen LogP contribution in [0.4, 0.5) is 10.1 Å². The van der Waals surface area contributed by atoms with Crippen molar-refractivity contribution < 1.29 is 9.13 Å². The fourth-order valence-corrected chi connectivity index (χ4v) is 1.21. The molecule has 3 heteroatoms. The highest BCUT2D eigenvalue weighted by Gasteiger charge is 2.04. The van der Waals surface area contributed by atoms with E-state index in [4.69, 9.17) is 4.74 Å². The van der Waals surface area contributed by atoms with Crippen molar-refractivity contribution in [2.24, 2.45) is 5.92 Å². The van der Waals surface area contributed by atoms with Crippen LogP contribution in [0, 0.1) is 11.7 Å². The van der Waals surface area contributed by atoms with E-state index in [0.717, 1.165) is 18.7 Å². The Morgan fingerprint density at radius 1 is 1.47 bits per heavy atom. The fraction of sp³-hybridized carbons (Fsp3) is 0.500. The second-order valence-electron chi connectivity index (χ2n) is 3.74. The summed E-state index contributed by atoms with van der Waals surface area (Å²) in [5.41, 5.74) is 0.800. The smallest absolute Gasteiger partial charge is 0.167 e. The molecule has 0 bridgehead atoms. The summed E-state index contributed by atoms with van der Waals surface area (Å²) in [6, 6.07) is 4.92. The predicted molar refractivity (Wildman–Crippen MR) is 60.9 cm³/mol. The Morgan fingerprint density at radius 2 is 2.20 bits per heavy atom. The maximum absolute atomic E-state index is 13.3. The monoisotopic (exact) mass is 211 g/mol. The van der Waals surface area contributed by atoms with Crippen LogP contribution < -0.4 is 10.1 Å². The van der Waals surface area contributed by atoms with Gasteiger partial charge >= 0.3 is 0 Å². The molecule has 15 heavy (non-hydrogen) atoms. The van der Waals surface area contributed by atoms with Crippen LogP contribution in [0.3, 0.4) is 0 Å². The van der Waals surface area contributed by atoms with E-state index in [1.807, 2.05) is 6.07 Å². The third-order valence-electron chi connectivity index (χ3n) is 2.50. The molecular weight excluding hydrogens is 193 g/mol. The number of anilines is 1. The second-order valence-corrected chi connectivity index (χ2v) is 3.74. The van der Waals surface area contributed by atoms with Gasteiger partial charge in [-0.15, -0.1) is 0 Å². The first kappa shape index (κ1) is 11.8. The summed E-state index contributed by atoms with van der Waals surface area (Å²) in [5, 5.41) is 3.19. The van der Waals surface area contributed by atoms with Gasteiger partial charge in [0.05, 0.1) is 7.11 Å². The number of hydrogen-bond donors (Lipinski definition) is 1. The Kier molecular flexibility index (Phi) is 4.40. The van der Waals surface area contributed by atoms with E-state index in [2.05, 4.69) is 19.2 Å². The molecule has 1 aromatic rings. The first-order valence-electron chi connectivity index (χ1n) is 5.24. The van der Waals surface area contributed by atoms with Gasteiger partial charge < -0.3 is 10.1 Å². The minimum atomic E-state index is -0.327. The van der Waals surface area contributed by atoms with E-state index in [-0.39, 0.29) is 11.6 Å². The van der Waals surface area contributed by atoms with Gasteiger partial charge in [0.2, 0.25) is 0 Å². The Bertz CT molecular complexity index is 314. The zero-order valence-corrected chi connectivity index (χ0v) is 9.51. The number of hydrogen-bond acceptors (Lipinski definition) is 2. The van der Waals surface area contributed by atoms with Gasteiger partial charge in [0, 0.05) is 18.3 Å². The number of rotatable bonds is 5. The highest BCUT2D eigenvalue weighted by Crippen LogP contribution is 2.20. The summed E-state index contributed by atoms with van der Waals surface area (Å²) < 4.78 is 18.1. The number of benzene rings is 1. The summed E-state index contributed by atoms with van der Waals surface area (Å²) in [6.45, 7) is 5.16. The molecule has 84 valence electrons. The number of nitrogens with one attached hydrogen (secondary N) is 1. The highest BCUT2D eigenvalue weighted by molar-refractivity contribution is 5.47. The third kappa shape index (κ3) is 3.42. The summed E-state index contributed by atoms with van der Waals surface area (Å²) in [7, 11) is 1.46. The van der Waals surface area contributed by atoms with Gasteiger partial charge in [-0.3, -0.25) is 0 Å². The van der Waals surface area contributed by atoms with E-state index in [0.29, 0.717) is 5.92 Å². The molecular formula is C12H18FNO. The Hall–Kier alpha value is -1.25. The van der Waals surface area contributed by atoms with E-state index in [1.54, 1.807) is 6.07 Å². The Balaban J connectivity index is 2.59. The summed E-state index contributed by atoms with van der Waals surface area (Å²) in [6.07, 6.45) is 1.12. The van der Waals surface area contributed by atoms with E-state index in [9.17, 15) is 4.39 Å². The van der Waals surface area contributed by atoms with Gasteiger partial charge in [0.15, 0.2) is 11.6 Å². The first-order valence-corrected chi connectivity index (χ1v) is 5.24. The van der Waals surface area contributed by atoms with Crippen LogP contribution in [-0.2, 0) is 0 Å². The average molecular weight is 211 g/mol. The molecule has 0 aliphatic carbocycles. The second kappa shape index (κ2) is 5.59. The van der Waals surface area contributed by atoms with Crippen LogP contribution in [0.25, 0.3) is 0 Å². The molecule has 0 aliphatic rings. The Labute approximate surface area is 90.4 Å². The fourth-order valence-electron chi connectivity index (χ4n) is 1.21. The molecule has 1 aromatic carbocycles. The molecule has 0 unspecified atom stereocenters. The highest BCUT2D eigenvalue weighted by atomic mass is 19.1. The van der Waals surface area contributed by atoms with Gasteiger partial charge in [0.25, 0.3) is 0 Å². The van der Waals surface area contributed by atoms with Crippen molar-refractivity contribution in [3.63, 3.8) is 0 Å². The zero-order valence-electron chi connectivity index (χ0n) is 9.51. The lowest BCUT2D eigenvalue weighted by atomic mass is 10.1. The molecule has 0 heterocycles. The van der Waals surface area contributed by atoms with Crippen LogP contribution >= 0.6 is 0 Å². The quantitative estimate of drug-likeness (QED) is 0.807. The molecule has 1 atom stereocenters. The molecule has 0 saturated heterocycles. The summed E-state index contributed by atoms with van der Waals surface area (Å²) in [5.74, 6) is 0.547. The third-order valence-corrected chi connectivity index (χ3v) is 2.50. The minimum Gasteiger partial charge on any atom is -0.494 e. The van der Waals surface area contributed by atoms with E-state index in [1.165, 1.54) is 13.2 Å². The summed E-state index contributed by atoms with van der Waals surface area (Å²) >= 11 is 0. The lowest BCUT2D eigenvalue weighted by Crippen LogP contribution is -2.10. The Morgan fingerprint density at radius 3 is 2.73 bits per heavy atom. The van der Waals surface area contributed by atoms with Crippen molar-refractivity contribution in [3.8, 4) is 5.75 Å². The normalized spacial score (nSPS) is 12.3. The van der Waals surface area contributed by atoms with Gasteiger partial charge in [-0.25, -0.2) is 4.39 Å². The van der Waals surface area contributed by atoms with E-state index < -0.39 is 0 Å². The van der Waals surface area contributed by atoms with Crippen LogP contribution in [0.1, 0.15) is 20.3 Å². The van der Waals surface area contributed by atoms with Crippen molar-refractivity contribution in [2.75, 3.05) is 19.0 Å². The predicted octanol–water partition coefficient (Wildman–Crippen LogP) is 3.29. The van der Waals surface area contributed by atoms with Gasteiger partial charge in [-0.1, -0.05) is 20.3 Å². The maximum Gasteiger partial charge on any atom is 0.167 e. The standard InChI is InChI=1S/C12H18FNO/c1-4-9(2)8-14-10-5-6-12(15-3)11(13)7-10/h5-7,9,14H,4,8H2,1-3H3/t9-/m1/s1. The molecule has 0 aliphatic heterocycles. The largest absolute Gasteiger partial charge is 0.494 e. The molecule has 2 nitrogen and oxygen atoms in total. The zero-order chi connectivity index (χ0) is 11.3. The number of methoxy groups -OCH3 is 1. The lowest BCUT2D eigenvalue weighted by Gasteiger charge is -2.12. The lowest BCUT2D eigenvalue weighted by molar-refractivity contribution is 0.386. The van der Waals surface area contributed by atoms with Gasteiger partial charge in [0.1, 0.15) is 0 Å². The number of halogens is 1. The van der Waals surface area contributed by atoms with Crippen molar-refractivity contribution in [1.82, 2.24) is 0 Å². The molecule has 0 saturated carbocycles. The number of ether oxygens (including phenoxy) is 1. The van der Waals surface area contributed by atoms with E-state index >= 15 is 0 Å². The summed E-state index contributed by atoms with van der Waals surface area (Å²) in [4.78, 5) is 0. The molecule has 1 rings (SSSR count). The van der Waals surface area contributed by atoms with Crippen molar-refractivity contribution in [1.29, 1.82) is 0 Å².